The fourth-order valence-electron chi connectivity index (χ4n) is 3.51. The van der Waals surface area contributed by atoms with Gasteiger partial charge in [-0.15, -0.1) is 0 Å². The highest BCUT2D eigenvalue weighted by Crippen LogP contribution is 2.27. The number of aryl methyl sites for hydroxylation is 1. The van der Waals surface area contributed by atoms with Gasteiger partial charge in [0, 0.05) is 26.7 Å². The van der Waals surface area contributed by atoms with E-state index in [1.165, 1.54) is 13.2 Å². The Morgan fingerprint density at radius 3 is 2.93 bits per heavy atom. The van der Waals surface area contributed by atoms with Gasteiger partial charge >= 0.3 is 0 Å². The number of imidazole rings is 1. The number of hydrogen-bond donors (Lipinski definition) is 0. The topological polar surface area (TPSA) is 39.5 Å². The second-order valence-corrected chi connectivity index (χ2v) is 6.79. The molecule has 0 aliphatic carbocycles. The van der Waals surface area contributed by atoms with Crippen molar-refractivity contribution in [2.45, 2.75) is 12.6 Å². The van der Waals surface area contributed by atoms with Crippen molar-refractivity contribution in [2.75, 3.05) is 26.8 Å². The number of nitrogens with zero attached hydrogens (tertiary/aromatic N) is 3. The van der Waals surface area contributed by atoms with Crippen LogP contribution in [0.1, 0.15) is 17.2 Å². The number of ether oxygens (including phenoxy) is 2. The van der Waals surface area contributed by atoms with Crippen LogP contribution in [0.2, 0.25) is 0 Å². The molecular weight excluding hydrogens is 352 g/mol. The van der Waals surface area contributed by atoms with E-state index in [-0.39, 0.29) is 11.9 Å². The van der Waals surface area contributed by atoms with Gasteiger partial charge in [-0.1, -0.05) is 6.07 Å². The van der Waals surface area contributed by atoms with E-state index in [2.05, 4.69) is 16.0 Å². The van der Waals surface area contributed by atoms with E-state index in [1.807, 2.05) is 23.7 Å². The number of benzene rings is 2. The lowest BCUT2D eigenvalue weighted by Gasteiger charge is -2.33. The molecule has 3 aromatic rings. The Bertz CT molecular complexity index is 973. The lowest BCUT2D eigenvalue weighted by molar-refractivity contribution is -0.0329. The Morgan fingerprint density at radius 2 is 2.11 bits per heavy atom. The summed E-state index contributed by atoms with van der Waals surface area (Å²) in [5, 5.41) is 0. The predicted molar refractivity (Wildman–Crippen MR) is 97.6 cm³/mol. The van der Waals surface area contributed by atoms with Crippen LogP contribution in [-0.4, -0.2) is 41.3 Å². The quantitative estimate of drug-likeness (QED) is 0.702. The van der Waals surface area contributed by atoms with E-state index in [4.69, 9.17) is 9.47 Å². The van der Waals surface area contributed by atoms with E-state index in [0.29, 0.717) is 25.3 Å². The molecule has 0 radical (unpaired) electrons. The lowest BCUT2D eigenvalue weighted by atomic mass is 10.1. The van der Waals surface area contributed by atoms with Crippen molar-refractivity contribution in [2.24, 2.45) is 7.05 Å². The zero-order valence-electron chi connectivity index (χ0n) is 15.3. The molecule has 0 N–H and O–H groups in total. The maximum atomic E-state index is 13.8. The number of methoxy groups -OCH3 is 1. The zero-order valence-corrected chi connectivity index (χ0v) is 15.3. The number of morpholine rings is 1. The molecular formula is C20H21F2N3O2. The normalized spacial score (nSPS) is 18.1. The highest BCUT2D eigenvalue weighted by molar-refractivity contribution is 5.76. The van der Waals surface area contributed by atoms with Crippen LogP contribution < -0.4 is 4.74 Å². The van der Waals surface area contributed by atoms with Crippen molar-refractivity contribution >= 4 is 11.0 Å². The van der Waals surface area contributed by atoms with Gasteiger partial charge in [0.1, 0.15) is 0 Å². The molecule has 4 rings (SSSR count). The summed E-state index contributed by atoms with van der Waals surface area (Å²) in [6, 6.07) is 8.89. The Morgan fingerprint density at radius 1 is 1.26 bits per heavy atom. The molecule has 1 saturated heterocycles. The highest BCUT2D eigenvalue weighted by atomic mass is 19.2. The van der Waals surface area contributed by atoms with Crippen LogP contribution in [-0.2, 0) is 18.3 Å². The van der Waals surface area contributed by atoms with Crippen molar-refractivity contribution in [1.29, 1.82) is 0 Å². The van der Waals surface area contributed by atoms with Crippen LogP contribution in [0.4, 0.5) is 8.78 Å². The first-order valence-electron chi connectivity index (χ1n) is 8.82. The van der Waals surface area contributed by atoms with Crippen molar-refractivity contribution < 1.29 is 18.3 Å². The van der Waals surface area contributed by atoms with E-state index in [1.54, 1.807) is 12.4 Å². The van der Waals surface area contributed by atoms with Crippen LogP contribution in [0.3, 0.4) is 0 Å². The minimum absolute atomic E-state index is 0.0727. The molecule has 1 fully saturated rings. The van der Waals surface area contributed by atoms with Crippen molar-refractivity contribution in [1.82, 2.24) is 14.5 Å². The molecule has 0 spiro atoms. The van der Waals surface area contributed by atoms with Crippen LogP contribution in [0, 0.1) is 11.6 Å². The Balaban J connectivity index is 1.52. The first kappa shape index (κ1) is 17.9. The van der Waals surface area contributed by atoms with Crippen LogP contribution in [0.5, 0.6) is 5.75 Å². The number of halogens is 2. The van der Waals surface area contributed by atoms with Crippen molar-refractivity contribution in [3.63, 3.8) is 0 Å². The van der Waals surface area contributed by atoms with E-state index < -0.39 is 11.6 Å². The molecule has 1 aliphatic rings. The van der Waals surface area contributed by atoms with E-state index >= 15 is 0 Å². The highest BCUT2D eigenvalue weighted by Gasteiger charge is 2.23. The SMILES string of the molecule is COc1cc(CN2CCO[C@H](c3ccc4ncn(C)c4c3)C2)cc(F)c1F. The molecule has 1 aromatic heterocycles. The molecule has 0 saturated carbocycles. The molecule has 1 aliphatic heterocycles. The summed E-state index contributed by atoms with van der Waals surface area (Å²) in [7, 11) is 3.30. The van der Waals surface area contributed by atoms with E-state index in [9.17, 15) is 8.78 Å². The third kappa shape index (κ3) is 3.52. The molecule has 0 bridgehead atoms. The second kappa shape index (κ2) is 7.25. The van der Waals surface area contributed by atoms with Gasteiger partial charge in [-0.3, -0.25) is 4.90 Å². The molecule has 5 nitrogen and oxygen atoms in total. The van der Waals surface area contributed by atoms with E-state index in [0.717, 1.165) is 23.1 Å². The molecule has 2 aromatic carbocycles. The van der Waals surface area contributed by atoms with Gasteiger partial charge < -0.3 is 14.0 Å². The number of fused-ring (bicyclic) bond motifs is 1. The largest absolute Gasteiger partial charge is 0.494 e. The summed E-state index contributed by atoms with van der Waals surface area (Å²) in [4.78, 5) is 6.51. The molecule has 27 heavy (non-hydrogen) atoms. The van der Waals surface area contributed by atoms with Crippen LogP contribution in [0.15, 0.2) is 36.7 Å². The smallest absolute Gasteiger partial charge is 0.200 e. The minimum Gasteiger partial charge on any atom is -0.494 e. The molecule has 7 heteroatoms. The second-order valence-electron chi connectivity index (χ2n) is 6.79. The fourth-order valence-corrected chi connectivity index (χ4v) is 3.51. The first-order chi connectivity index (χ1) is 13.0. The number of rotatable bonds is 4. The molecule has 1 atom stereocenters. The summed E-state index contributed by atoms with van der Waals surface area (Å²) in [5.41, 5.74) is 3.76. The molecule has 0 amide bonds. The predicted octanol–water partition coefficient (Wildman–Crippen LogP) is 3.43. The summed E-state index contributed by atoms with van der Waals surface area (Å²) in [5.74, 6) is -1.92. The monoisotopic (exact) mass is 373 g/mol. The third-order valence-corrected chi connectivity index (χ3v) is 4.95. The summed E-state index contributed by atoms with van der Waals surface area (Å²) < 4.78 is 40.3. The van der Waals surface area contributed by atoms with Crippen LogP contribution in [0.25, 0.3) is 11.0 Å². The zero-order chi connectivity index (χ0) is 19.0. The van der Waals surface area contributed by atoms with Gasteiger partial charge in [-0.05, 0) is 35.4 Å². The minimum atomic E-state index is -0.953. The first-order valence-corrected chi connectivity index (χ1v) is 8.82. The summed E-state index contributed by atoms with van der Waals surface area (Å²) >= 11 is 0. The third-order valence-electron chi connectivity index (χ3n) is 4.95. The Kier molecular flexibility index (Phi) is 4.80. The maximum Gasteiger partial charge on any atom is 0.200 e. The van der Waals surface area contributed by atoms with Gasteiger partial charge in [0.05, 0.1) is 37.2 Å². The van der Waals surface area contributed by atoms with Gasteiger partial charge in [0.2, 0.25) is 5.82 Å². The average Bonchev–Trinajstić information content (AvgIpc) is 3.05. The maximum absolute atomic E-state index is 13.8. The molecule has 142 valence electrons. The Labute approximate surface area is 156 Å². The van der Waals surface area contributed by atoms with Gasteiger partial charge in [0.15, 0.2) is 11.6 Å². The Hall–Kier alpha value is -2.51. The van der Waals surface area contributed by atoms with Gasteiger partial charge in [-0.25, -0.2) is 9.37 Å². The van der Waals surface area contributed by atoms with Crippen molar-refractivity contribution in [3.8, 4) is 5.75 Å². The summed E-state index contributed by atoms with van der Waals surface area (Å²) in [6.07, 6.45) is 1.71. The number of aromatic nitrogens is 2. The summed E-state index contributed by atoms with van der Waals surface area (Å²) in [6.45, 7) is 2.48. The standard InChI is InChI=1S/C20H21F2N3O2/c1-24-12-23-16-4-3-14(9-17(16)24)19-11-25(5-6-27-19)10-13-7-15(21)20(22)18(8-13)26-2/h3-4,7-9,12,19H,5-6,10-11H2,1-2H3/t19-/m0/s1. The number of hydrogen-bond acceptors (Lipinski definition) is 4. The fraction of sp³-hybridized carbons (Fsp3) is 0.350. The lowest BCUT2D eigenvalue weighted by Crippen LogP contribution is -2.37. The van der Waals surface area contributed by atoms with Gasteiger partial charge in [-0.2, -0.15) is 4.39 Å². The molecule has 2 heterocycles. The van der Waals surface area contributed by atoms with Crippen molar-refractivity contribution in [3.05, 3.63) is 59.4 Å². The average molecular weight is 373 g/mol. The van der Waals surface area contributed by atoms with Crippen LogP contribution >= 0.6 is 0 Å². The molecule has 0 unspecified atom stereocenters. The van der Waals surface area contributed by atoms with Gasteiger partial charge in [0.25, 0.3) is 0 Å².